The monoisotopic (exact) mass is 316 g/mol. The van der Waals surface area contributed by atoms with Crippen LogP contribution in [-0.4, -0.2) is 23.8 Å². The van der Waals surface area contributed by atoms with Crippen molar-refractivity contribution < 1.29 is 14.3 Å². The van der Waals surface area contributed by atoms with E-state index in [4.69, 9.17) is 9.47 Å². The van der Waals surface area contributed by atoms with Gasteiger partial charge >= 0.3 is 5.97 Å². The summed E-state index contributed by atoms with van der Waals surface area (Å²) in [5, 5.41) is 0. The highest BCUT2D eigenvalue weighted by Gasteiger charge is 2.50. The lowest BCUT2D eigenvalue weighted by Crippen LogP contribution is -2.13. The predicted molar refractivity (Wildman–Crippen MR) is 91.1 cm³/mol. The van der Waals surface area contributed by atoms with Gasteiger partial charge in [-0.25, -0.2) is 4.79 Å². The molecule has 1 aliphatic carbocycles. The summed E-state index contributed by atoms with van der Waals surface area (Å²) in [4.78, 5) is 11.9. The van der Waals surface area contributed by atoms with Crippen LogP contribution in [0.4, 0.5) is 0 Å². The van der Waals surface area contributed by atoms with Crippen LogP contribution in [-0.2, 0) is 14.3 Å². The number of ether oxygens (including phenoxy) is 2. The van der Waals surface area contributed by atoms with Crippen molar-refractivity contribution in [3.8, 4) is 0 Å². The Morgan fingerprint density at radius 2 is 1.96 bits per heavy atom. The first-order valence-electron chi connectivity index (χ1n) is 8.79. The van der Waals surface area contributed by atoms with Crippen molar-refractivity contribution >= 4 is 5.97 Å². The van der Waals surface area contributed by atoms with Crippen molar-refractivity contribution in [2.24, 2.45) is 0 Å². The molecule has 0 N–H and O–H groups in total. The Hall–Kier alpha value is -1.35. The Kier molecular flexibility index (Phi) is 4.50. The molecule has 126 valence electrons. The zero-order valence-electron chi connectivity index (χ0n) is 14.8. The van der Waals surface area contributed by atoms with Crippen molar-refractivity contribution in [3.63, 3.8) is 0 Å². The highest BCUT2D eigenvalue weighted by molar-refractivity contribution is 5.91. The summed E-state index contributed by atoms with van der Waals surface area (Å²) < 4.78 is 11.5. The van der Waals surface area contributed by atoms with Gasteiger partial charge in [0.15, 0.2) is 0 Å². The number of allylic oxidation sites excluding steroid dienone is 3. The van der Waals surface area contributed by atoms with Crippen LogP contribution < -0.4 is 0 Å². The van der Waals surface area contributed by atoms with E-state index in [0.29, 0.717) is 6.10 Å². The molecule has 23 heavy (non-hydrogen) atoms. The number of carbonyl (C=O) groups is 1. The molecule has 0 aromatic heterocycles. The van der Waals surface area contributed by atoms with E-state index in [-0.39, 0.29) is 17.7 Å². The summed E-state index contributed by atoms with van der Waals surface area (Å²) >= 11 is 0. The predicted octanol–water partition coefficient (Wildman–Crippen LogP) is 4.63. The van der Waals surface area contributed by atoms with Gasteiger partial charge in [-0.1, -0.05) is 23.3 Å². The third-order valence-corrected chi connectivity index (χ3v) is 5.57. The standard InChI is InChI=1S/C20H28O3/c1-13-7-9-16-15(3)19(21)22-17(16)12-14(2)6-5-11-20(4)18(23-20)10-8-13/h6-7,17-18H,5,8-12H2,1-4H3/b13-7+,14-6+/t17-,18+,20+/m0/s1. The summed E-state index contributed by atoms with van der Waals surface area (Å²) in [7, 11) is 0. The van der Waals surface area contributed by atoms with Gasteiger partial charge in [0.2, 0.25) is 0 Å². The molecule has 0 radical (unpaired) electrons. The Morgan fingerprint density at radius 3 is 2.74 bits per heavy atom. The van der Waals surface area contributed by atoms with Gasteiger partial charge in [-0.05, 0) is 65.4 Å². The molecule has 1 fully saturated rings. The van der Waals surface area contributed by atoms with Crippen LogP contribution in [0.25, 0.3) is 0 Å². The molecular formula is C20H28O3. The highest BCUT2D eigenvalue weighted by Crippen LogP contribution is 2.44. The number of hydrogen-bond donors (Lipinski definition) is 0. The molecule has 2 heterocycles. The summed E-state index contributed by atoms with van der Waals surface area (Å²) in [6.07, 6.45) is 10.8. The molecule has 0 unspecified atom stereocenters. The second-order valence-corrected chi connectivity index (χ2v) is 7.55. The first-order valence-corrected chi connectivity index (χ1v) is 8.79. The molecule has 2 aliphatic heterocycles. The molecule has 0 aromatic carbocycles. The zero-order valence-corrected chi connectivity index (χ0v) is 14.8. The fraction of sp³-hybridized carbons (Fsp3) is 0.650. The van der Waals surface area contributed by atoms with Crippen LogP contribution in [0.1, 0.15) is 66.2 Å². The number of hydrogen-bond acceptors (Lipinski definition) is 3. The lowest BCUT2D eigenvalue weighted by Gasteiger charge is -2.15. The van der Waals surface area contributed by atoms with Gasteiger partial charge in [0.1, 0.15) is 6.10 Å². The normalized spacial score (nSPS) is 40.1. The van der Waals surface area contributed by atoms with E-state index in [1.54, 1.807) is 0 Å². The molecule has 3 rings (SSSR count). The molecule has 0 amide bonds. The van der Waals surface area contributed by atoms with Crippen LogP contribution in [0, 0.1) is 0 Å². The molecule has 3 aliphatic rings. The summed E-state index contributed by atoms with van der Waals surface area (Å²) in [6.45, 7) is 8.44. The fourth-order valence-electron chi connectivity index (χ4n) is 3.71. The number of epoxide rings is 1. The molecule has 3 nitrogen and oxygen atoms in total. The zero-order chi connectivity index (χ0) is 16.6. The Morgan fingerprint density at radius 1 is 1.17 bits per heavy atom. The van der Waals surface area contributed by atoms with E-state index < -0.39 is 0 Å². The van der Waals surface area contributed by atoms with E-state index in [2.05, 4.69) is 32.9 Å². The molecule has 3 heteroatoms. The molecule has 0 spiro atoms. The van der Waals surface area contributed by atoms with Crippen LogP contribution >= 0.6 is 0 Å². The van der Waals surface area contributed by atoms with Crippen LogP contribution in [0.5, 0.6) is 0 Å². The topological polar surface area (TPSA) is 38.8 Å². The van der Waals surface area contributed by atoms with Crippen LogP contribution in [0.15, 0.2) is 34.4 Å². The highest BCUT2D eigenvalue weighted by atomic mass is 16.6. The maximum atomic E-state index is 11.9. The Bertz CT molecular complexity index is 596. The first-order chi connectivity index (χ1) is 10.9. The van der Waals surface area contributed by atoms with Crippen LogP contribution in [0.2, 0.25) is 0 Å². The summed E-state index contributed by atoms with van der Waals surface area (Å²) in [5.74, 6) is -0.143. The third-order valence-electron chi connectivity index (χ3n) is 5.57. The second-order valence-electron chi connectivity index (χ2n) is 7.55. The number of fused-ring (bicyclic) bond motifs is 2. The first kappa shape index (κ1) is 16.5. The van der Waals surface area contributed by atoms with Crippen molar-refractivity contribution in [2.75, 3.05) is 0 Å². The van der Waals surface area contributed by atoms with Gasteiger partial charge in [0.05, 0.1) is 11.7 Å². The Labute approximate surface area is 139 Å². The molecular weight excluding hydrogens is 288 g/mol. The fourth-order valence-corrected chi connectivity index (χ4v) is 3.71. The molecule has 0 aromatic rings. The maximum Gasteiger partial charge on any atom is 0.334 e. The van der Waals surface area contributed by atoms with E-state index >= 15 is 0 Å². The average molecular weight is 316 g/mol. The molecule has 0 bridgehead atoms. The van der Waals surface area contributed by atoms with Gasteiger partial charge < -0.3 is 9.47 Å². The van der Waals surface area contributed by atoms with Crippen molar-refractivity contribution in [1.29, 1.82) is 0 Å². The van der Waals surface area contributed by atoms with Gasteiger partial charge in [-0.15, -0.1) is 0 Å². The van der Waals surface area contributed by atoms with Gasteiger partial charge in [-0.2, -0.15) is 0 Å². The second kappa shape index (κ2) is 6.27. The maximum absolute atomic E-state index is 11.9. The van der Waals surface area contributed by atoms with Crippen molar-refractivity contribution in [1.82, 2.24) is 0 Å². The average Bonchev–Trinajstić information content (AvgIpc) is 3.06. The van der Waals surface area contributed by atoms with Crippen molar-refractivity contribution in [3.05, 3.63) is 34.4 Å². The molecule has 3 atom stereocenters. The summed E-state index contributed by atoms with van der Waals surface area (Å²) in [5.41, 5.74) is 4.71. The molecule has 1 saturated heterocycles. The van der Waals surface area contributed by atoms with Gasteiger partial charge in [0.25, 0.3) is 0 Å². The van der Waals surface area contributed by atoms with Gasteiger partial charge in [-0.3, -0.25) is 0 Å². The lowest BCUT2D eigenvalue weighted by molar-refractivity contribution is -0.139. The van der Waals surface area contributed by atoms with E-state index in [9.17, 15) is 4.79 Å². The third kappa shape index (κ3) is 3.60. The van der Waals surface area contributed by atoms with Crippen LogP contribution in [0.3, 0.4) is 0 Å². The van der Waals surface area contributed by atoms with E-state index in [1.165, 1.54) is 11.1 Å². The number of rotatable bonds is 0. The quantitative estimate of drug-likeness (QED) is 0.371. The number of esters is 1. The lowest BCUT2D eigenvalue weighted by atomic mass is 9.92. The minimum Gasteiger partial charge on any atom is -0.454 e. The van der Waals surface area contributed by atoms with E-state index in [1.807, 2.05) is 6.92 Å². The molecule has 0 saturated carbocycles. The van der Waals surface area contributed by atoms with E-state index in [0.717, 1.165) is 49.7 Å². The van der Waals surface area contributed by atoms with Gasteiger partial charge in [0, 0.05) is 12.0 Å². The smallest absolute Gasteiger partial charge is 0.334 e. The minimum atomic E-state index is -0.143. The largest absolute Gasteiger partial charge is 0.454 e. The van der Waals surface area contributed by atoms with Crippen molar-refractivity contribution in [2.45, 2.75) is 84.0 Å². The Balaban J connectivity index is 1.80. The summed E-state index contributed by atoms with van der Waals surface area (Å²) in [6, 6.07) is 0. The number of carbonyl (C=O) groups excluding carboxylic acids is 1. The SMILES string of the molecule is CC1=C2C/C=C(\C)CC[C@H]3O[C@]3(C)CC/C=C(\C)C[C@@H]2OC1=O. The minimum absolute atomic E-state index is 0.0721.